The van der Waals surface area contributed by atoms with Crippen LogP contribution >= 0.6 is 11.3 Å². The fourth-order valence-corrected chi connectivity index (χ4v) is 2.37. The van der Waals surface area contributed by atoms with Gasteiger partial charge in [-0.2, -0.15) is 4.98 Å². The summed E-state index contributed by atoms with van der Waals surface area (Å²) in [4.78, 5) is 24.8. The van der Waals surface area contributed by atoms with Gasteiger partial charge in [-0.25, -0.2) is 4.79 Å². The van der Waals surface area contributed by atoms with Gasteiger partial charge in [0.05, 0.1) is 16.8 Å². The lowest BCUT2D eigenvalue weighted by Crippen LogP contribution is -2.06. The second-order valence-electron chi connectivity index (χ2n) is 4.48. The summed E-state index contributed by atoms with van der Waals surface area (Å²) in [6.45, 7) is 1.67. The van der Waals surface area contributed by atoms with Crippen LogP contribution < -0.4 is 0 Å². The van der Waals surface area contributed by atoms with E-state index < -0.39 is 12.1 Å². The van der Waals surface area contributed by atoms with Gasteiger partial charge in [-0.1, -0.05) is 11.2 Å². The Balaban J connectivity index is 1.61. The van der Waals surface area contributed by atoms with Gasteiger partial charge in [0.15, 0.2) is 6.10 Å². The summed E-state index contributed by atoms with van der Waals surface area (Å²) in [6.07, 6.45) is 6.79. The van der Waals surface area contributed by atoms with Crippen molar-refractivity contribution in [1.82, 2.24) is 20.1 Å². The number of esters is 1. The maximum absolute atomic E-state index is 11.8. The van der Waals surface area contributed by atoms with E-state index in [9.17, 15) is 4.79 Å². The predicted octanol–water partition coefficient (Wildman–Crippen LogP) is 2.91. The zero-order valence-corrected chi connectivity index (χ0v) is 12.9. The molecular formula is C15H12N4O3S. The van der Waals surface area contributed by atoms with Gasteiger partial charge in [-0.15, -0.1) is 11.3 Å². The number of hydrogen-bond donors (Lipinski definition) is 0. The van der Waals surface area contributed by atoms with Crippen molar-refractivity contribution in [1.29, 1.82) is 0 Å². The number of hydrogen-bond acceptors (Lipinski definition) is 8. The lowest BCUT2D eigenvalue weighted by Gasteiger charge is -2.06. The zero-order chi connectivity index (χ0) is 16.1. The summed E-state index contributed by atoms with van der Waals surface area (Å²) >= 11 is 1.50. The van der Waals surface area contributed by atoms with E-state index in [-0.39, 0.29) is 5.89 Å². The van der Waals surface area contributed by atoms with Gasteiger partial charge in [-0.05, 0) is 24.4 Å². The first-order valence-corrected chi connectivity index (χ1v) is 7.62. The number of ether oxygens (including phenoxy) is 1. The molecule has 0 fully saturated rings. The topological polar surface area (TPSA) is 91.0 Å². The van der Waals surface area contributed by atoms with Crippen LogP contribution in [-0.4, -0.2) is 26.1 Å². The highest BCUT2D eigenvalue weighted by Gasteiger charge is 2.18. The maximum atomic E-state index is 11.8. The molecule has 8 heteroatoms. The van der Waals surface area contributed by atoms with Crippen molar-refractivity contribution >= 4 is 23.4 Å². The van der Waals surface area contributed by atoms with E-state index in [0.717, 1.165) is 4.88 Å². The molecule has 0 radical (unpaired) electrons. The monoisotopic (exact) mass is 328 g/mol. The summed E-state index contributed by atoms with van der Waals surface area (Å²) in [5.41, 5.74) is 0.565. The van der Waals surface area contributed by atoms with E-state index in [1.165, 1.54) is 29.7 Å². The molecule has 0 aliphatic carbocycles. The fourth-order valence-electron chi connectivity index (χ4n) is 1.72. The van der Waals surface area contributed by atoms with Crippen molar-refractivity contribution in [3.63, 3.8) is 0 Å². The molecule has 0 saturated heterocycles. The van der Waals surface area contributed by atoms with Crippen LogP contribution in [0.1, 0.15) is 24.6 Å². The van der Waals surface area contributed by atoms with Crippen LogP contribution in [0, 0.1) is 0 Å². The quantitative estimate of drug-likeness (QED) is 0.525. The molecule has 0 N–H and O–H groups in total. The lowest BCUT2D eigenvalue weighted by molar-refractivity contribution is -0.143. The van der Waals surface area contributed by atoms with Gasteiger partial charge in [-0.3, -0.25) is 9.97 Å². The van der Waals surface area contributed by atoms with Crippen LogP contribution in [0.2, 0.25) is 0 Å². The third kappa shape index (κ3) is 3.86. The average Bonchev–Trinajstić information content (AvgIpc) is 3.24. The van der Waals surface area contributed by atoms with Crippen molar-refractivity contribution in [2.24, 2.45) is 0 Å². The molecule has 0 bridgehead atoms. The Bertz CT molecular complexity index is 799. The Morgan fingerprint density at radius 3 is 3.09 bits per heavy atom. The van der Waals surface area contributed by atoms with E-state index in [0.29, 0.717) is 11.5 Å². The molecule has 3 rings (SSSR count). The number of thiophene rings is 1. The largest absolute Gasteiger partial charge is 0.449 e. The second kappa shape index (κ2) is 6.93. The fraction of sp³-hybridized carbons (Fsp3) is 0.133. The van der Waals surface area contributed by atoms with E-state index in [4.69, 9.17) is 9.26 Å². The van der Waals surface area contributed by atoms with Crippen LogP contribution in [0.15, 0.2) is 46.7 Å². The first-order valence-electron chi connectivity index (χ1n) is 6.74. The molecule has 3 aromatic rings. The first-order chi connectivity index (χ1) is 11.2. The Morgan fingerprint density at radius 2 is 2.35 bits per heavy atom. The second-order valence-corrected chi connectivity index (χ2v) is 5.42. The summed E-state index contributed by atoms with van der Waals surface area (Å²) in [5, 5.41) is 5.80. The van der Waals surface area contributed by atoms with Gasteiger partial charge in [0.2, 0.25) is 5.82 Å². The van der Waals surface area contributed by atoms with Crippen molar-refractivity contribution in [3.05, 3.63) is 53.8 Å². The highest BCUT2D eigenvalue weighted by Crippen LogP contribution is 2.24. The maximum Gasteiger partial charge on any atom is 0.331 e. The molecule has 0 aliphatic heterocycles. The van der Waals surface area contributed by atoms with Crippen LogP contribution in [0.4, 0.5) is 0 Å². The molecule has 3 aromatic heterocycles. The standard InChI is InChI=1S/C15H12N4O3S/c1-10(15-18-14(19-22-15)12-3-2-8-23-12)21-13(20)5-4-11-9-16-6-7-17-11/h2-10H,1H3. The number of nitrogens with zero attached hydrogens (tertiary/aromatic N) is 4. The molecule has 116 valence electrons. The van der Waals surface area contributed by atoms with Gasteiger partial charge >= 0.3 is 5.97 Å². The van der Waals surface area contributed by atoms with E-state index in [1.807, 2.05) is 17.5 Å². The Labute approximate surface area is 135 Å². The minimum absolute atomic E-state index is 0.245. The van der Waals surface area contributed by atoms with E-state index in [1.54, 1.807) is 19.3 Å². The molecule has 0 aromatic carbocycles. The highest BCUT2D eigenvalue weighted by atomic mass is 32.1. The zero-order valence-electron chi connectivity index (χ0n) is 12.1. The van der Waals surface area contributed by atoms with Crippen molar-refractivity contribution < 1.29 is 14.1 Å². The lowest BCUT2D eigenvalue weighted by atomic mass is 10.3. The van der Waals surface area contributed by atoms with Crippen LogP contribution in [0.5, 0.6) is 0 Å². The smallest absolute Gasteiger partial charge is 0.331 e. The van der Waals surface area contributed by atoms with E-state index >= 15 is 0 Å². The Morgan fingerprint density at radius 1 is 1.43 bits per heavy atom. The SMILES string of the molecule is CC(OC(=O)C=Cc1cnccn1)c1nc(-c2cccs2)no1. The number of carbonyl (C=O) groups excluding carboxylic acids is 1. The third-order valence-corrected chi connectivity index (χ3v) is 3.66. The van der Waals surface area contributed by atoms with Gasteiger partial charge in [0, 0.05) is 18.5 Å². The van der Waals surface area contributed by atoms with Gasteiger partial charge in [0.1, 0.15) is 0 Å². The van der Waals surface area contributed by atoms with Crippen LogP contribution in [0.3, 0.4) is 0 Å². The number of aromatic nitrogens is 4. The van der Waals surface area contributed by atoms with Gasteiger partial charge in [0.25, 0.3) is 5.89 Å². The van der Waals surface area contributed by atoms with Crippen LogP contribution in [0.25, 0.3) is 16.8 Å². The molecule has 23 heavy (non-hydrogen) atoms. The minimum Gasteiger partial charge on any atom is -0.449 e. The molecule has 0 amide bonds. The van der Waals surface area contributed by atoms with E-state index in [2.05, 4.69) is 20.1 Å². The molecule has 3 heterocycles. The normalized spacial score (nSPS) is 12.4. The predicted molar refractivity (Wildman–Crippen MR) is 83.2 cm³/mol. The molecule has 0 spiro atoms. The molecule has 1 unspecified atom stereocenters. The number of carbonyl (C=O) groups is 1. The summed E-state index contributed by atoms with van der Waals surface area (Å²) in [5.74, 6) is 0.196. The molecule has 0 aliphatic rings. The van der Waals surface area contributed by atoms with Crippen molar-refractivity contribution in [3.8, 4) is 10.7 Å². The minimum atomic E-state index is -0.643. The third-order valence-electron chi connectivity index (χ3n) is 2.80. The molecule has 7 nitrogen and oxygen atoms in total. The summed E-state index contributed by atoms with van der Waals surface area (Å²) in [6, 6.07) is 3.79. The Kier molecular flexibility index (Phi) is 4.53. The molecular weight excluding hydrogens is 316 g/mol. The highest BCUT2D eigenvalue weighted by molar-refractivity contribution is 7.13. The Hall–Kier alpha value is -2.87. The molecule has 0 saturated carbocycles. The van der Waals surface area contributed by atoms with Crippen molar-refractivity contribution in [2.45, 2.75) is 13.0 Å². The van der Waals surface area contributed by atoms with Crippen LogP contribution in [-0.2, 0) is 9.53 Å². The summed E-state index contributed by atoms with van der Waals surface area (Å²) in [7, 11) is 0. The van der Waals surface area contributed by atoms with Crippen molar-refractivity contribution in [2.75, 3.05) is 0 Å². The molecule has 1 atom stereocenters. The van der Waals surface area contributed by atoms with Gasteiger partial charge < -0.3 is 9.26 Å². The summed E-state index contributed by atoms with van der Waals surface area (Å²) < 4.78 is 10.4. The first kappa shape index (κ1) is 15.0. The average molecular weight is 328 g/mol. The number of rotatable bonds is 5.